The predicted molar refractivity (Wildman–Crippen MR) is 153 cm³/mol. The zero-order chi connectivity index (χ0) is 28.0. The van der Waals surface area contributed by atoms with Crippen LogP contribution in [0, 0.1) is 5.92 Å². The molecule has 0 aliphatic heterocycles. The summed E-state index contributed by atoms with van der Waals surface area (Å²) in [4.78, 5) is 38.9. The Morgan fingerprint density at radius 2 is 1.23 bits per heavy atom. The van der Waals surface area contributed by atoms with Gasteiger partial charge in [0.15, 0.2) is 0 Å². The summed E-state index contributed by atoms with van der Waals surface area (Å²) in [6, 6.07) is 26.3. The molecule has 0 heterocycles. The first-order chi connectivity index (χ1) is 18.8. The molecular weight excluding hydrogens is 490 g/mol. The third-order valence-corrected chi connectivity index (χ3v) is 6.51. The zero-order valence-electron chi connectivity index (χ0n) is 22.7. The molecule has 0 fully saturated rings. The fraction of sp³-hybridized carbons (Fsp3) is 0.344. The van der Waals surface area contributed by atoms with Gasteiger partial charge in [-0.05, 0) is 41.9 Å². The molecule has 39 heavy (non-hydrogen) atoms. The minimum absolute atomic E-state index is 0.135. The molecule has 0 bridgehead atoms. The zero-order valence-corrected chi connectivity index (χ0v) is 22.7. The molecular formula is C32H39N3O4. The molecule has 3 aromatic carbocycles. The topological polar surface area (TPSA) is 108 Å². The van der Waals surface area contributed by atoms with E-state index in [0.717, 1.165) is 16.7 Å². The molecule has 0 aliphatic rings. The molecule has 0 saturated heterocycles. The van der Waals surface area contributed by atoms with E-state index >= 15 is 0 Å². The van der Waals surface area contributed by atoms with Crippen molar-refractivity contribution in [2.75, 3.05) is 0 Å². The molecule has 1 unspecified atom stereocenters. The Hall–Kier alpha value is -3.97. The number of carbonyl (C=O) groups excluding carboxylic acids is 2. The Morgan fingerprint density at radius 3 is 1.77 bits per heavy atom. The predicted octanol–water partition coefficient (Wildman–Crippen LogP) is 4.12. The Kier molecular flexibility index (Phi) is 11.7. The Morgan fingerprint density at radius 1 is 0.692 bits per heavy atom. The van der Waals surface area contributed by atoms with Crippen LogP contribution in [0.15, 0.2) is 91.0 Å². The average Bonchev–Trinajstić information content (AvgIpc) is 2.94. The number of hydrogen-bond donors (Lipinski definition) is 4. The molecule has 0 aromatic heterocycles. The van der Waals surface area contributed by atoms with E-state index in [9.17, 15) is 19.5 Å². The van der Waals surface area contributed by atoms with Crippen molar-refractivity contribution < 1.29 is 19.5 Å². The molecule has 3 atom stereocenters. The fourth-order valence-corrected chi connectivity index (χ4v) is 4.44. The van der Waals surface area contributed by atoms with E-state index in [1.165, 1.54) is 0 Å². The average molecular weight is 530 g/mol. The summed E-state index contributed by atoms with van der Waals surface area (Å²) < 4.78 is 0. The fourth-order valence-electron chi connectivity index (χ4n) is 4.44. The normalized spacial score (nSPS) is 13.3. The van der Waals surface area contributed by atoms with Gasteiger partial charge in [0.2, 0.25) is 11.8 Å². The van der Waals surface area contributed by atoms with Gasteiger partial charge in [-0.25, -0.2) is 0 Å². The first-order valence-electron chi connectivity index (χ1n) is 13.5. The second-order valence-corrected chi connectivity index (χ2v) is 10.2. The van der Waals surface area contributed by atoms with Crippen LogP contribution < -0.4 is 16.0 Å². The molecule has 2 amide bonds. The minimum atomic E-state index is -1.01. The van der Waals surface area contributed by atoms with E-state index < -0.39 is 24.1 Å². The molecule has 0 aliphatic carbocycles. The molecule has 0 radical (unpaired) electrons. The number of carbonyl (C=O) groups is 3. The van der Waals surface area contributed by atoms with Crippen molar-refractivity contribution in [3.63, 3.8) is 0 Å². The summed E-state index contributed by atoms with van der Waals surface area (Å²) in [6.45, 7) is 4.31. The third-order valence-electron chi connectivity index (χ3n) is 6.51. The van der Waals surface area contributed by atoms with E-state index in [-0.39, 0.29) is 17.7 Å². The maximum atomic E-state index is 13.5. The number of hydrogen-bond acceptors (Lipinski definition) is 4. The van der Waals surface area contributed by atoms with Gasteiger partial charge in [0.1, 0.15) is 12.1 Å². The third kappa shape index (κ3) is 10.4. The number of carboxylic acid groups (broad SMARTS) is 1. The molecule has 4 N–H and O–H groups in total. The van der Waals surface area contributed by atoms with Gasteiger partial charge in [0, 0.05) is 13.0 Å². The highest BCUT2D eigenvalue weighted by molar-refractivity contribution is 5.90. The Balaban J connectivity index is 1.72. The van der Waals surface area contributed by atoms with Crippen molar-refractivity contribution in [3.8, 4) is 0 Å². The van der Waals surface area contributed by atoms with Crippen LogP contribution in [-0.4, -0.2) is 41.0 Å². The largest absolute Gasteiger partial charge is 0.480 e. The summed E-state index contributed by atoms with van der Waals surface area (Å²) in [7, 11) is 0. The van der Waals surface area contributed by atoms with Gasteiger partial charge in [-0.3, -0.25) is 19.7 Å². The van der Waals surface area contributed by atoms with Crippen molar-refractivity contribution in [1.82, 2.24) is 16.0 Å². The van der Waals surface area contributed by atoms with Crippen LogP contribution in [-0.2, 0) is 33.8 Å². The molecule has 0 spiro atoms. The van der Waals surface area contributed by atoms with E-state index in [1.807, 2.05) is 105 Å². The van der Waals surface area contributed by atoms with Crippen LogP contribution in [0.25, 0.3) is 0 Å². The second kappa shape index (κ2) is 15.4. The summed E-state index contributed by atoms with van der Waals surface area (Å²) in [5.74, 6) is -1.55. The molecule has 3 aromatic rings. The number of amides is 2. The first-order valence-corrected chi connectivity index (χ1v) is 13.5. The number of carboxylic acids is 1. The number of nitrogens with one attached hydrogen (secondary N) is 3. The minimum Gasteiger partial charge on any atom is -0.480 e. The first kappa shape index (κ1) is 29.6. The summed E-state index contributed by atoms with van der Waals surface area (Å²) in [5.41, 5.74) is 2.91. The Bertz CT molecular complexity index is 1170. The molecule has 206 valence electrons. The highest BCUT2D eigenvalue weighted by Crippen LogP contribution is 2.12. The van der Waals surface area contributed by atoms with Crippen molar-refractivity contribution in [3.05, 3.63) is 108 Å². The summed E-state index contributed by atoms with van der Waals surface area (Å²) in [6.07, 6.45) is 1.66. The van der Waals surface area contributed by atoms with Crippen LogP contribution in [0.2, 0.25) is 0 Å². The van der Waals surface area contributed by atoms with Crippen LogP contribution in [0.1, 0.15) is 43.4 Å². The summed E-state index contributed by atoms with van der Waals surface area (Å²) >= 11 is 0. The van der Waals surface area contributed by atoms with Crippen LogP contribution in [0.3, 0.4) is 0 Å². The van der Waals surface area contributed by atoms with Gasteiger partial charge in [0.05, 0.1) is 6.04 Å². The van der Waals surface area contributed by atoms with E-state index in [2.05, 4.69) is 16.0 Å². The maximum Gasteiger partial charge on any atom is 0.320 e. The quantitative estimate of drug-likeness (QED) is 0.237. The van der Waals surface area contributed by atoms with Crippen molar-refractivity contribution in [2.45, 2.75) is 64.2 Å². The lowest BCUT2D eigenvalue weighted by Gasteiger charge is -2.27. The monoisotopic (exact) mass is 529 g/mol. The van der Waals surface area contributed by atoms with Crippen molar-refractivity contribution in [2.24, 2.45) is 5.92 Å². The molecule has 0 saturated carbocycles. The van der Waals surface area contributed by atoms with Crippen LogP contribution in [0.4, 0.5) is 0 Å². The molecule has 3 rings (SSSR count). The summed E-state index contributed by atoms with van der Waals surface area (Å²) in [5, 5.41) is 18.8. The molecule has 7 heteroatoms. The van der Waals surface area contributed by atoms with Crippen molar-refractivity contribution in [1.29, 1.82) is 0 Å². The highest BCUT2D eigenvalue weighted by Gasteiger charge is 2.30. The second-order valence-electron chi connectivity index (χ2n) is 10.2. The number of aliphatic carboxylic acids is 1. The standard InChI is InChI=1S/C32H39N3O4/c1-23(2)20-28(34-27(32(38)39)19-18-24-12-6-3-7-13-24)31(37)35-29(21-25-14-8-4-9-15-25)30(36)33-22-26-16-10-5-11-17-26/h3-17,23,27-29,34H,18-22H2,1-2H3,(H,33,36)(H,35,37)(H,38,39)/t27?,28-,29-/m0/s1. The SMILES string of the molecule is CC(C)C[C@H](NC(CCc1ccccc1)C(=O)O)C(=O)N[C@@H](Cc1ccccc1)C(=O)NCc1ccccc1. The van der Waals surface area contributed by atoms with Crippen molar-refractivity contribution >= 4 is 17.8 Å². The van der Waals surface area contributed by atoms with E-state index in [0.29, 0.717) is 32.2 Å². The van der Waals surface area contributed by atoms with Gasteiger partial charge in [-0.1, -0.05) is 105 Å². The van der Waals surface area contributed by atoms with E-state index in [1.54, 1.807) is 0 Å². The highest BCUT2D eigenvalue weighted by atomic mass is 16.4. The lowest BCUT2D eigenvalue weighted by Crippen LogP contribution is -2.56. The lowest BCUT2D eigenvalue weighted by atomic mass is 9.99. The van der Waals surface area contributed by atoms with Crippen LogP contribution >= 0.6 is 0 Å². The van der Waals surface area contributed by atoms with Crippen LogP contribution in [0.5, 0.6) is 0 Å². The number of aryl methyl sites for hydroxylation is 1. The smallest absolute Gasteiger partial charge is 0.320 e. The maximum absolute atomic E-state index is 13.5. The lowest BCUT2D eigenvalue weighted by molar-refractivity contribution is -0.140. The van der Waals surface area contributed by atoms with Gasteiger partial charge >= 0.3 is 5.97 Å². The number of benzene rings is 3. The van der Waals surface area contributed by atoms with Gasteiger partial charge < -0.3 is 15.7 Å². The van der Waals surface area contributed by atoms with Gasteiger partial charge in [-0.15, -0.1) is 0 Å². The number of rotatable bonds is 15. The van der Waals surface area contributed by atoms with Gasteiger partial charge in [0.25, 0.3) is 0 Å². The van der Waals surface area contributed by atoms with Gasteiger partial charge in [-0.2, -0.15) is 0 Å². The van der Waals surface area contributed by atoms with E-state index in [4.69, 9.17) is 0 Å². The molecule has 7 nitrogen and oxygen atoms in total. The Labute approximate surface area is 231 Å².